The van der Waals surface area contributed by atoms with Gasteiger partial charge in [-0.1, -0.05) is 36.4 Å². The molecule has 0 bridgehead atoms. The van der Waals surface area contributed by atoms with Crippen molar-refractivity contribution >= 4 is 40.3 Å². The zero-order chi connectivity index (χ0) is 21.6. The molecule has 0 radical (unpaired) electrons. The first kappa shape index (κ1) is 19.8. The van der Waals surface area contributed by atoms with Crippen LogP contribution < -0.4 is 10.7 Å². The van der Waals surface area contributed by atoms with E-state index in [-0.39, 0.29) is 5.71 Å². The molecule has 1 aliphatic rings. The summed E-state index contributed by atoms with van der Waals surface area (Å²) in [5, 5.41) is 21.6. The van der Waals surface area contributed by atoms with Crippen molar-refractivity contribution in [2.45, 2.75) is 6.04 Å². The summed E-state index contributed by atoms with van der Waals surface area (Å²) in [5.74, 6) is -1.33. The standard InChI is InChI=1S/C22H17N7O2/c23-21(30)19-20(22(31)29(28-19)18-9-5-2-6-10-18)27-26-17-13-11-16(12-14-17)25-24-15-7-3-1-4-8-15/h1-14,20H,(H2,23,30). The molecule has 1 aliphatic heterocycles. The minimum Gasteiger partial charge on any atom is -0.364 e. The van der Waals surface area contributed by atoms with E-state index in [4.69, 9.17) is 5.73 Å². The molecule has 0 spiro atoms. The van der Waals surface area contributed by atoms with Gasteiger partial charge < -0.3 is 5.73 Å². The lowest BCUT2D eigenvalue weighted by molar-refractivity contribution is -0.118. The number of carbonyl (C=O) groups excluding carboxylic acids is 2. The minimum absolute atomic E-state index is 0.161. The lowest BCUT2D eigenvalue weighted by atomic mass is 10.2. The molecule has 0 saturated heterocycles. The van der Waals surface area contributed by atoms with E-state index < -0.39 is 17.9 Å². The topological polar surface area (TPSA) is 125 Å². The number of amides is 2. The summed E-state index contributed by atoms with van der Waals surface area (Å²) in [6.07, 6.45) is 0. The smallest absolute Gasteiger partial charge is 0.280 e. The predicted molar refractivity (Wildman–Crippen MR) is 116 cm³/mol. The monoisotopic (exact) mass is 411 g/mol. The number of anilines is 1. The van der Waals surface area contributed by atoms with Gasteiger partial charge in [0.1, 0.15) is 0 Å². The van der Waals surface area contributed by atoms with Crippen LogP contribution in [0.2, 0.25) is 0 Å². The van der Waals surface area contributed by atoms with Crippen LogP contribution in [-0.4, -0.2) is 23.6 Å². The Labute approximate surface area is 177 Å². The highest BCUT2D eigenvalue weighted by Gasteiger charge is 2.40. The van der Waals surface area contributed by atoms with Crippen LogP contribution in [0.25, 0.3) is 0 Å². The minimum atomic E-state index is -1.20. The second-order valence-electron chi connectivity index (χ2n) is 6.51. The fourth-order valence-electron chi connectivity index (χ4n) is 2.81. The van der Waals surface area contributed by atoms with Crippen LogP contribution in [0.5, 0.6) is 0 Å². The summed E-state index contributed by atoms with van der Waals surface area (Å²) >= 11 is 0. The van der Waals surface area contributed by atoms with E-state index in [0.29, 0.717) is 17.1 Å². The number of benzene rings is 3. The van der Waals surface area contributed by atoms with Gasteiger partial charge in [-0.3, -0.25) is 9.59 Å². The molecule has 2 N–H and O–H groups in total. The van der Waals surface area contributed by atoms with Crippen LogP contribution in [0.3, 0.4) is 0 Å². The Balaban J connectivity index is 1.49. The molecule has 1 unspecified atom stereocenters. The first-order chi connectivity index (χ1) is 15.1. The van der Waals surface area contributed by atoms with Gasteiger partial charge in [0.25, 0.3) is 11.8 Å². The third kappa shape index (κ3) is 4.56. The van der Waals surface area contributed by atoms with E-state index in [1.165, 1.54) is 0 Å². The number of hydrogen-bond donors (Lipinski definition) is 1. The van der Waals surface area contributed by atoms with Crippen LogP contribution in [0, 0.1) is 0 Å². The molecule has 0 aromatic heterocycles. The van der Waals surface area contributed by atoms with E-state index in [0.717, 1.165) is 10.7 Å². The lowest BCUT2D eigenvalue weighted by Gasteiger charge is -2.11. The Hall–Kier alpha value is -4.53. The molecule has 9 nitrogen and oxygen atoms in total. The van der Waals surface area contributed by atoms with Gasteiger partial charge in [-0.05, 0) is 48.5 Å². The number of carbonyl (C=O) groups is 2. The highest BCUT2D eigenvalue weighted by molar-refractivity contribution is 6.47. The summed E-state index contributed by atoms with van der Waals surface area (Å²) in [4.78, 5) is 24.5. The van der Waals surface area contributed by atoms with Crippen molar-refractivity contribution in [3.05, 3.63) is 84.9 Å². The zero-order valence-electron chi connectivity index (χ0n) is 16.2. The lowest BCUT2D eigenvalue weighted by Crippen LogP contribution is -2.35. The Morgan fingerprint density at radius 1 is 0.774 bits per heavy atom. The largest absolute Gasteiger partial charge is 0.364 e. The van der Waals surface area contributed by atoms with E-state index in [2.05, 4.69) is 25.6 Å². The van der Waals surface area contributed by atoms with Crippen molar-refractivity contribution in [2.75, 3.05) is 5.01 Å². The number of rotatable bonds is 6. The molecule has 1 heterocycles. The van der Waals surface area contributed by atoms with Crippen molar-refractivity contribution in [3.63, 3.8) is 0 Å². The van der Waals surface area contributed by atoms with Gasteiger partial charge >= 0.3 is 0 Å². The zero-order valence-corrected chi connectivity index (χ0v) is 16.2. The maximum absolute atomic E-state index is 12.7. The summed E-state index contributed by atoms with van der Waals surface area (Å²) in [6, 6.07) is 23.7. The molecule has 2 amide bonds. The molecule has 31 heavy (non-hydrogen) atoms. The van der Waals surface area contributed by atoms with Crippen LogP contribution in [0.15, 0.2) is 110 Å². The van der Waals surface area contributed by atoms with Gasteiger partial charge in [0.05, 0.1) is 22.7 Å². The number of azo groups is 2. The fourth-order valence-corrected chi connectivity index (χ4v) is 2.81. The predicted octanol–water partition coefficient (Wildman–Crippen LogP) is 4.44. The average Bonchev–Trinajstić information content (AvgIpc) is 3.15. The Bertz CT molecular complexity index is 1170. The molecule has 3 aromatic carbocycles. The van der Waals surface area contributed by atoms with Gasteiger partial charge in [-0.15, -0.1) is 0 Å². The summed E-state index contributed by atoms with van der Waals surface area (Å²) in [6.45, 7) is 0. The molecule has 9 heteroatoms. The second kappa shape index (κ2) is 8.87. The number of hydrogen-bond acceptors (Lipinski definition) is 7. The normalized spacial score (nSPS) is 16.3. The van der Waals surface area contributed by atoms with Crippen LogP contribution in [0.1, 0.15) is 0 Å². The molecule has 1 atom stereocenters. The Morgan fingerprint density at radius 2 is 1.29 bits per heavy atom. The fraction of sp³-hybridized carbons (Fsp3) is 0.0455. The number of primary amides is 1. The van der Waals surface area contributed by atoms with Crippen molar-refractivity contribution < 1.29 is 9.59 Å². The molecule has 3 aromatic rings. The molecule has 0 fully saturated rings. The van der Waals surface area contributed by atoms with Crippen molar-refractivity contribution in [1.29, 1.82) is 0 Å². The van der Waals surface area contributed by atoms with Gasteiger partial charge in [0.15, 0.2) is 5.71 Å². The summed E-state index contributed by atoms with van der Waals surface area (Å²) in [7, 11) is 0. The molecule has 152 valence electrons. The van der Waals surface area contributed by atoms with Gasteiger partial charge in [0, 0.05) is 0 Å². The van der Waals surface area contributed by atoms with Crippen molar-refractivity contribution in [2.24, 2.45) is 31.3 Å². The maximum Gasteiger partial charge on any atom is 0.280 e. The molecule has 4 rings (SSSR count). The molecular formula is C22H17N7O2. The Kier molecular flexibility index (Phi) is 5.66. The summed E-state index contributed by atoms with van der Waals surface area (Å²) < 4.78 is 0. The first-order valence-electron chi connectivity index (χ1n) is 9.37. The first-order valence-corrected chi connectivity index (χ1v) is 9.37. The highest BCUT2D eigenvalue weighted by Crippen LogP contribution is 2.25. The molecule has 0 aliphatic carbocycles. The number of para-hydroxylation sites is 1. The number of nitrogens with zero attached hydrogens (tertiary/aromatic N) is 6. The third-order valence-electron chi connectivity index (χ3n) is 4.34. The van der Waals surface area contributed by atoms with Crippen LogP contribution in [-0.2, 0) is 9.59 Å². The Morgan fingerprint density at radius 3 is 1.87 bits per heavy atom. The van der Waals surface area contributed by atoms with E-state index in [9.17, 15) is 9.59 Å². The highest BCUT2D eigenvalue weighted by atomic mass is 16.2. The number of hydrazone groups is 1. The maximum atomic E-state index is 12.7. The summed E-state index contributed by atoms with van der Waals surface area (Å²) in [5.41, 5.74) is 7.59. The van der Waals surface area contributed by atoms with Gasteiger partial charge in [-0.2, -0.15) is 30.6 Å². The van der Waals surface area contributed by atoms with E-state index >= 15 is 0 Å². The molecule has 0 saturated carbocycles. The SMILES string of the molecule is NC(=O)C1=NN(c2ccccc2)C(=O)C1N=Nc1ccc(N=Nc2ccccc2)cc1. The average molecular weight is 411 g/mol. The number of nitrogens with two attached hydrogens (primary N) is 1. The van der Waals surface area contributed by atoms with Crippen LogP contribution in [0.4, 0.5) is 22.7 Å². The van der Waals surface area contributed by atoms with E-state index in [1.807, 2.05) is 36.4 Å². The second-order valence-corrected chi connectivity index (χ2v) is 6.51. The van der Waals surface area contributed by atoms with Gasteiger partial charge in [-0.25, -0.2) is 0 Å². The molecular weight excluding hydrogens is 394 g/mol. The quantitative estimate of drug-likeness (QED) is 0.602. The van der Waals surface area contributed by atoms with Gasteiger partial charge in [0.2, 0.25) is 6.04 Å². The van der Waals surface area contributed by atoms with Crippen molar-refractivity contribution in [1.82, 2.24) is 0 Å². The van der Waals surface area contributed by atoms with Crippen molar-refractivity contribution in [3.8, 4) is 0 Å². The third-order valence-corrected chi connectivity index (χ3v) is 4.34. The van der Waals surface area contributed by atoms with E-state index in [1.54, 1.807) is 48.5 Å². The van der Waals surface area contributed by atoms with Crippen LogP contribution >= 0.6 is 0 Å².